The van der Waals surface area contributed by atoms with Crippen molar-refractivity contribution in [2.24, 2.45) is 0 Å². The number of ether oxygens (including phenoxy) is 4. The lowest BCUT2D eigenvalue weighted by Gasteiger charge is -2.28. The Labute approximate surface area is 233 Å². The van der Waals surface area contributed by atoms with Crippen molar-refractivity contribution >= 4 is 5.69 Å². The molecule has 0 aromatic heterocycles. The zero-order valence-electron chi connectivity index (χ0n) is 22.6. The molecular formula is C32H32N2O6. The Morgan fingerprint density at radius 2 is 1.48 bits per heavy atom. The first-order chi connectivity index (χ1) is 19.6. The molecule has 0 bridgehead atoms. The molecule has 0 aliphatic carbocycles. The fourth-order valence-corrected chi connectivity index (χ4v) is 5.06. The van der Waals surface area contributed by atoms with Crippen LogP contribution in [0.4, 0.5) is 5.69 Å². The van der Waals surface area contributed by atoms with Crippen LogP contribution in [0.3, 0.4) is 0 Å². The van der Waals surface area contributed by atoms with Gasteiger partial charge in [-0.25, -0.2) is 0 Å². The van der Waals surface area contributed by atoms with Crippen molar-refractivity contribution in [1.29, 1.82) is 0 Å². The van der Waals surface area contributed by atoms with Gasteiger partial charge in [0, 0.05) is 11.6 Å². The third-order valence-electron chi connectivity index (χ3n) is 7.05. The molecule has 1 heterocycles. The van der Waals surface area contributed by atoms with E-state index in [0.29, 0.717) is 35.8 Å². The van der Waals surface area contributed by atoms with Crippen LogP contribution in [0, 0.1) is 10.1 Å². The first kappa shape index (κ1) is 27.0. The van der Waals surface area contributed by atoms with E-state index >= 15 is 0 Å². The van der Waals surface area contributed by atoms with E-state index in [1.54, 1.807) is 19.2 Å². The maximum Gasteiger partial charge on any atom is 0.318 e. The third kappa shape index (κ3) is 6.02. The van der Waals surface area contributed by atoms with Crippen LogP contribution in [0.5, 0.6) is 23.0 Å². The molecule has 8 nitrogen and oxygen atoms in total. The Bertz CT molecular complexity index is 1460. The van der Waals surface area contributed by atoms with Gasteiger partial charge in [-0.2, -0.15) is 0 Å². The Kier molecular flexibility index (Phi) is 8.47. The van der Waals surface area contributed by atoms with Crippen molar-refractivity contribution in [2.45, 2.75) is 32.1 Å². The van der Waals surface area contributed by atoms with Gasteiger partial charge in [0.05, 0.1) is 19.1 Å². The molecule has 8 heteroatoms. The number of nitrogens with one attached hydrogen (secondary N) is 1. The van der Waals surface area contributed by atoms with Crippen molar-refractivity contribution < 1.29 is 23.9 Å². The molecule has 0 amide bonds. The van der Waals surface area contributed by atoms with Gasteiger partial charge in [-0.05, 0) is 65.9 Å². The predicted molar refractivity (Wildman–Crippen MR) is 152 cm³/mol. The molecule has 1 aliphatic rings. The number of hydrogen-bond donors (Lipinski definition) is 1. The van der Waals surface area contributed by atoms with E-state index in [0.717, 1.165) is 35.2 Å². The summed E-state index contributed by atoms with van der Waals surface area (Å²) in [5, 5.41) is 15.8. The summed E-state index contributed by atoms with van der Waals surface area (Å²) >= 11 is 0. The lowest BCUT2D eigenvalue weighted by Crippen LogP contribution is -2.31. The zero-order chi connectivity index (χ0) is 27.9. The van der Waals surface area contributed by atoms with Crippen LogP contribution in [-0.4, -0.2) is 25.7 Å². The highest BCUT2D eigenvalue weighted by molar-refractivity contribution is 5.61. The second-order valence-corrected chi connectivity index (χ2v) is 9.57. The zero-order valence-corrected chi connectivity index (χ0v) is 22.6. The summed E-state index contributed by atoms with van der Waals surface area (Å²) in [6.45, 7) is 1.45. The molecule has 0 saturated heterocycles. The summed E-state index contributed by atoms with van der Waals surface area (Å²) in [5.41, 5.74) is 4.66. The highest BCUT2D eigenvalue weighted by Gasteiger charge is 2.30. The molecule has 0 saturated carbocycles. The molecule has 0 fully saturated rings. The quantitative estimate of drug-likeness (QED) is 0.179. The van der Waals surface area contributed by atoms with Gasteiger partial charge in [-0.15, -0.1) is 0 Å². The molecule has 40 heavy (non-hydrogen) atoms. The van der Waals surface area contributed by atoms with Gasteiger partial charge in [0.2, 0.25) is 5.75 Å². The minimum atomic E-state index is -0.394. The normalized spacial score (nSPS) is 14.2. The monoisotopic (exact) mass is 540 g/mol. The number of fused-ring (bicyclic) bond motifs is 1. The van der Waals surface area contributed by atoms with Crippen molar-refractivity contribution in [3.05, 3.63) is 123 Å². The summed E-state index contributed by atoms with van der Waals surface area (Å²) in [7, 11) is 3.05. The second kappa shape index (κ2) is 12.5. The van der Waals surface area contributed by atoms with Gasteiger partial charge in [0.15, 0.2) is 17.2 Å². The van der Waals surface area contributed by atoms with Crippen molar-refractivity contribution in [1.82, 2.24) is 5.32 Å². The first-order valence-electron chi connectivity index (χ1n) is 13.2. The maximum atomic E-state index is 12.3. The first-order valence-corrected chi connectivity index (χ1v) is 13.2. The molecular weight excluding hydrogens is 508 g/mol. The summed E-state index contributed by atoms with van der Waals surface area (Å²) in [6.07, 6.45) is 1.21. The molecule has 4 aromatic rings. The molecule has 5 rings (SSSR count). The number of hydrogen-bond acceptors (Lipinski definition) is 7. The molecule has 1 N–H and O–H groups in total. The van der Waals surface area contributed by atoms with Gasteiger partial charge in [0.25, 0.3) is 0 Å². The molecule has 0 radical (unpaired) electrons. The van der Waals surface area contributed by atoms with E-state index < -0.39 is 4.92 Å². The van der Waals surface area contributed by atoms with Crippen LogP contribution >= 0.6 is 0 Å². The molecule has 4 aromatic carbocycles. The van der Waals surface area contributed by atoms with Crippen molar-refractivity contribution in [3.63, 3.8) is 0 Å². The summed E-state index contributed by atoms with van der Waals surface area (Å²) in [4.78, 5) is 11.9. The van der Waals surface area contributed by atoms with Crippen molar-refractivity contribution in [2.75, 3.05) is 20.8 Å². The van der Waals surface area contributed by atoms with E-state index in [1.165, 1.54) is 7.11 Å². The van der Waals surface area contributed by atoms with Gasteiger partial charge in [0.1, 0.15) is 13.2 Å². The highest BCUT2D eigenvalue weighted by atomic mass is 16.6. The largest absolute Gasteiger partial charge is 0.493 e. The second-order valence-electron chi connectivity index (χ2n) is 9.57. The Hall–Kier alpha value is -4.56. The highest BCUT2D eigenvalue weighted by Crippen LogP contribution is 2.43. The summed E-state index contributed by atoms with van der Waals surface area (Å²) in [6, 6.07) is 27.0. The lowest BCUT2D eigenvalue weighted by atomic mass is 9.89. The van der Waals surface area contributed by atoms with E-state index in [4.69, 9.17) is 18.9 Å². The third-order valence-corrected chi connectivity index (χ3v) is 7.05. The average molecular weight is 541 g/mol. The summed E-state index contributed by atoms with van der Waals surface area (Å²) in [5.74, 6) is 1.76. The minimum absolute atomic E-state index is 0.0863. The lowest BCUT2D eigenvalue weighted by molar-refractivity contribution is -0.386. The predicted octanol–water partition coefficient (Wildman–Crippen LogP) is 6.20. The van der Waals surface area contributed by atoms with Gasteiger partial charge in [-0.1, -0.05) is 60.7 Å². The van der Waals surface area contributed by atoms with E-state index in [1.807, 2.05) is 72.8 Å². The van der Waals surface area contributed by atoms with Crippen LogP contribution < -0.4 is 24.3 Å². The van der Waals surface area contributed by atoms with Crippen LogP contribution in [0.15, 0.2) is 84.9 Å². The van der Waals surface area contributed by atoms with Crippen LogP contribution in [0.2, 0.25) is 0 Å². The average Bonchev–Trinajstić information content (AvgIpc) is 2.99. The number of methoxy groups -OCH3 is 2. The SMILES string of the molecule is COc1cc2c(cc1OCc1ccccc1)CCNC2Cc1ccc(OCc2ccccc2)c(OC)c1[N+](=O)[O-]. The standard InChI is InChI=1S/C32H32N2O6/c1-37-29-19-26-24(18-30(29)40-21-23-11-7-4-8-12-23)15-16-33-27(26)17-25-13-14-28(32(38-2)31(25)34(35)36)39-20-22-9-5-3-6-10-22/h3-14,18-19,27,33H,15-17,20-21H2,1-2H3. The number of rotatable bonds is 11. The minimum Gasteiger partial charge on any atom is -0.493 e. The van der Waals surface area contributed by atoms with E-state index in [-0.39, 0.29) is 24.1 Å². The molecule has 1 atom stereocenters. The van der Waals surface area contributed by atoms with E-state index in [9.17, 15) is 10.1 Å². The van der Waals surface area contributed by atoms with Crippen LogP contribution in [0.1, 0.15) is 33.9 Å². The number of nitro groups is 1. The number of nitro benzene ring substituents is 1. The molecule has 1 unspecified atom stereocenters. The molecule has 0 spiro atoms. The Morgan fingerprint density at radius 1 is 0.825 bits per heavy atom. The molecule has 206 valence electrons. The number of benzene rings is 4. The van der Waals surface area contributed by atoms with Crippen LogP contribution in [-0.2, 0) is 26.1 Å². The van der Waals surface area contributed by atoms with Crippen molar-refractivity contribution in [3.8, 4) is 23.0 Å². The van der Waals surface area contributed by atoms with Gasteiger partial charge >= 0.3 is 5.69 Å². The Morgan fingerprint density at radius 3 is 2.08 bits per heavy atom. The van der Waals surface area contributed by atoms with Gasteiger partial charge in [-0.3, -0.25) is 10.1 Å². The summed E-state index contributed by atoms with van der Waals surface area (Å²) < 4.78 is 23.2. The van der Waals surface area contributed by atoms with Gasteiger partial charge < -0.3 is 24.3 Å². The molecule has 1 aliphatic heterocycles. The maximum absolute atomic E-state index is 12.3. The smallest absolute Gasteiger partial charge is 0.318 e. The fraction of sp³-hybridized carbons (Fsp3) is 0.250. The van der Waals surface area contributed by atoms with Crippen LogP contribution in [0.25, 0.3) is 0 Å². The topological polar surface area (TPSA) is 92.1 Å². The fourth-order valence-electron chi connectivity index (χ4n) is 5.06. The number of nitrogens with zero attached hydrogens (tertiary/aromatic N) is 1. The Balaban J connectivity index is 1.40. The van der Waals surface area contributed by atoms with E-state index in [2.05, 4.69) is 5.32 Å².